The molecule has 1 N–H and O–H groups in total. The average Bonchev–Trinajstić information content (AvgIpc) is 2.03. The number of rotatable bonds is 2. The molecule has 4 nitrogen and oxygen atoms in total. The molecule has 1 atom stereocenters. The summed E-state index contributed by atoms with van der Waals surface area (Å²) in [5, 5.41) is 9.28. The topological polar surface area (TPSA) is 57.6 Å². The van der Waals surface area contributed by atoms with Crippen molar-refractivity contribution in [1.29, 1.82) is 0 Å². The van der Waals surface area contributed by atoms with E-state index in [1.807, 2.05) is 0 Å². The first-order valence-corrected chi connectivity index (χ1v) is 4.55. The summed E-state index contributed by atoms with van der Waals surface area (Å²) in [5.74, 6) is -0.281. The quantitative estimate of drug-likeness (QED) is 0.613. The van der Waals surface area contributed by atoms with Crippen LogP contribution < -0.4 is 0 Å². The van der Waals surface area contributed by atoms with E-state index in [0.717, 1.165) is 12.8 Å². The van der Waals surface area contributed by atoms with E-state index in [1.54, 1.807) is 4.90 Å². The molecule has 1 aliphatic heterocycles. The predicted octanol–water partition coefficient (Wildman–Crippen LogP) is -0.0512. The lowest BCUT2D eigenvalue weighted by atomic mass is 10.1. The van der Waals surface area contributed by atoms with E-state index < -0.39 is 6.10 Å². The largest absolute Gasteiger partial charge is 0.391 e. The molecule has 1 rings (SSSR count). The molecule has 13 heavy (non-hydrogen) atoms. The second-order valence-electron chi connectivity index (χ2n) is 3.51. The van der Waals surface area contributed by atoms with Crippen LogP contribution in [0.15, 0.2) is 0 Å². The fraction of sp³-hybridized carbons (Fsp3) is 0.778. The van der Waals surface area contributed by atoms with Crippen molar-refractivity contribution in [2.75, 3.05) is 13.1 Å². The highest BCUT2D eigenvalue weighted by molar-refractivity contribution is 5.96. The van der Waals surface area contributed by atoms with Crippen molar-refractivity contribution in [1.82, 2.24) is 4.90 Å². The van der Waals surface area contributed by atoms with Crippen LogP contribution in [0.5, 0.6) is 0 Å². The average molecular weight is 185 g/mol. The number of amides is 1. The molecule has 0 aromatic heterocycles. The summed E-state index contributed by atoms with van der Waals surface area (Å²) in [7, 11) is 0. The van der Waals surface area contributed by atoms with Gasteiger partial charge < -0.3 is 10.0 Å². The second-order valence-corrected chi connectivity index (χ2v) is 3.51. The number of hydrogen-bond acceptors (Lipinski definition) is 3. The zero-order chi connectivity index (χ0) is 9.84. The molecule has 0 unspecified atom stereocenters. The van der Waals surface area contributed by atoms with Gasteiger partial charge in [-0.2, -0.15) is 0 Å². The Morgan fingerprint density at radius 2 is 2.23 bits per heavy atom. The minimum Gasteiger partial charge on any atom is -0.391 e. The van der Waals surface area contributed by atoms with Crippen LogP contribution in [0.1, 0.15) is 26.2 Å². The third kappa shape index (κ3) is 3.14. The van der Waals surface area contributed by atoms with E-state index in [4.69, 9.17) is 0 Å². The molecule has 1 heterocycles. The minimum absolute atomic E-state index is 0.0350. The number of nitrogens with zero attached hydrogens (tertiary/aromatic N) is 1. The zero-order valence-corrected chi connectivity index (χ0v) is 7.82. The molecule has 0 saturated carbocycles. The smallest absolute Gasteiger partial charge is 0.230 e. The van der Waals surface area contributed by atoms with Crippen molar-refractivity contribution in [3.63, 3.8) is 0 Å². The van der Waals surface area contributed by atoms with E-state index in [2.05, 4.69) is 0 Å². The number of β-amino-alcohol motifs (C(OH)–C–C–N with tert-alkyl or cyclic N) is 1. The van der Waals surface area contributed by atoms with Gasteiger partial charge in [0, 0.05) is 13.1 Å². The van der Waals surface area contributed by atoms with Crippen molar-refractivity contribution >= 4 is 11.7 Å². The van der Waals surface area contributed by atoms with Gasteiger partial charge in [0.05, 0.1) is 12.5 Å². The Labute approximate surface area is 77.5 Å². The maximum Gasteiger partial charge on any atom is 0.230 e. The number of Topliss-reactive ketones (excluding diaryl/α,β-unsaturated/α-hetero) is 1. The molecule has 0 radical (unpaired) electrons. The monoisotopic (exact) mass is 185 g/mol. The number of carbonyl (C=O) groups excluding carboxylic acids is 2. The lowest BCUT2D eigenvalue weighted by Crippen LogP contribution is -2.42. The number of piperidine rings is 1. The fourth-order valence-electron chi connectivity index (χ4n) is 1.51. The first kappa shape index (κ1) is 10.2. The maximum atomic E-state index is 11.3. The molecule has 0 spiro atoms. The molecular weight excluding hydrogens is 170 g/mol. The standard InChI is InChI=1S/C9H15NO3/c1-7(11)5-9(13)10-4-2-3-8(12)6-10/h8,12H,2-6H2,1H3/t8-/m0/s1. The number of carbonyl (C=O) groups is 2. The molecule has 4 heteroatoms. The molecule has 1 aliphatic rings. The van der Waals surface area contributed by atoms with Gasteiger partial charge in [-0.25, -0.2) is 0 Å². The van der Waals surface area contributed by atoms with Crippen LogP contribution in [0.3, 0.4) is 0 Å². The Balaban J connectivity index is 2.41. The van der Waals surface area contributed by atoms with E-state index in [-0.39, 0.29) is 18.1 Å². The van der Waals surface area contributed by atoms with Crippen molar-refractivity contribution in [3.05, 3.63) is 0 Å². The van der Waals surface area contributed by atoms with E-state index >= 15 is 0 Å². The van der Waals surface area contributed by atoms with Crippen molar-refractivity contribution < 1.29 is 14.7 Å². The van der Waals surface area contributed by atoms with Crippen molar-refractivity contribution in [2.24, 2.45) is 0 Å². The number of ketones is 1. The summed E-state index contributed by atoms with van der Waals surface area (Å²) in [4.78, 5) is 23.6. The van der Waals surface area contributed by atoms with Gasteiger partial charge >= 0.3 is 0 Å². The Hall–Kier alpha value is -0.900. The van der Waals surface area contributed by atoms with Crippen molar-refractivity contribution in [2.45, 2.75) is 32.3 Å². The van der Waals surface area contributed by atoms with Gasteiger partial charge in [-0.1, -0.05) is 0 Å². The van der Waals surface area contributed by atoms with Gasteiger partial charge in [0.25, 0.3) is 0 Å². The van der Waals surface area contributed by atoms with Gasteiger partial charge in [-0.05, 0) is 19.8 Å². The van der Waals surface area contributed by atoms with Gasteiger partial charge in [0.2, 0.25) is 5.91 Å². The van der Waals surface area contributed by atoms with Crippen LogP contribution in [0.2, 0.25) is 0 Å². The van der Waals surface area contributed by atoms with Gasteiger partial charge in [-0.3, -0.25) is 9.59 Å². The second kappa shape index (κ2) is 4.37. The lowest BCUT2D eigenvalue weighted by Gasteiger charge is -2.29. The number of aliphatic hydroxyl groups is 1. The molecule has 74 valence electrons. The maximum absolute atomic E-state index is 11.3. The first-order valence-electron chi connectivity index (χ1n) is 4.55. The third-order valence-corrected chi connectivity index (χ3v) is 2.15. The number of likely N-dealkylation sites (tertiary alicyclic amines) is 1. The molecule has 0 aliphatic carbocycles. The fourth-order valence-corrected chi connectivity index (χ4v) is 1.51. The zero-order valence-electron chi connectivity index (χ0n) is 7.82. The lowest BCUT2D eigenvalue weighted by molar-refractivity contribution is -0.137. The van der Waals surface area contributed by atoms with Gasteiger partial charge in [0.15, 0.2) is 0 Å². The van der Waals surface area contributed by atoms with Crippen LogP contribution in [-0.2, 0) is 9.59 Å². The molecular formula is C9H15NO3. The molecule has 1 saturated heterocycles. The van der Waals surface area contributed by atoms with Gasteiger partial charge in [-0.15, -0.1) is 0 Å². The summed E-state index contributed by atoms with van der Waals surface area (Å²) < 4.78 is 0. The highest BCUT2D eigenvalue weighted by Crippen LogP contribution is 2.10. The highest BCUT2D eigenvalue weighted by Gasteiger charge is 2.22. The van der Waals surface area contributed by atoms with Gasteiger partial charge in [0.1, 0.15) is 5.78 Å². The number of hydrogen-bond donors (Lipinski definition) is 1. The minimum atomic E-state index is -0.412. The SMILES string of the molecule is CC(=O)CC(=O)N1CCC[C@H](O)C1. The van der Waals surface area contributed by atoms with E-state index in [9.17, 15) is 14.7 Å². The molecule has 1 amide bonds. The Morgan fingerprint density at radius 3 is 2.77 bits per heavy atom. The molecule has 1 fully saturated rings. The van der Waals surface area contributed by atoms with Crippen LogP contribution >= 0.6 is 0 Å². The molecule has 0 aromatic carbocycles. The normalized spacial score (nSPS) is 22.9. The highest BCUT2D eigenvalue weighted by atomic mass is 16.3. The Kier molecular flexibility index (Phi) is 3.42. The van der Waals surface area contributed by atoms with Crippen LogP contribution in [0.4, 0.5) is 0 Å². The van der Waals surface area contributed by atoms with E-state index in [1.165, 1.54) is 6.92 Å². The first-order chi connectivity index (χ1) is 6.09. The van der Waals surface area contributed by atoms with Crippen molar-refractivity contribution in [3.8, 4) is 0 Å². The summed E-state index contributed by atoms with van der Waals surface area (Å²) in [6, 6.07) is 0. The number of aliphatic hydroxyl groups excluding tert-OH is 1. The van der Waals surface area contributed by atoms with Crippen LogP contribution in [-0.4, -0.2) is 40.9 Å². The summed E-state index contributed by atoms with van der Waals surface area (Å²) in [6.07, 6.45) is 1.13. The van der Waals surface area contributed by atoms with E-state index in [0.29, 0.717) is 13.1 Å². The Bertz CT molecular complexity index is 215. The molecule has 0 bridgehead atoms. The van der Waals surface area contributed by atoms with Crippen LogP contribution in [0, 0.1) is 0 Å². The van der Waals surface area contributed by atoms with Crippen LogP contribution in [0.25, 0.3) is 0 Å². The Morgan fingerprint density at radius 1 is 1.54 bits per heavy atom. The third-order valence-electron chi connectivity index (χ3n) is 2.15. The summed E-state index contributed by atoms with van der Waals surface area (Å²) in [5.41, 5.74) is 0. The summed E-state index contributed by atoms with van der Waals surface area (Å²) in [6.45, 7) is 2.45. The predicted molar refractivity (Wildman–Crippen MR) is 47.1 cm³/mol. The summed E-state index contributed by atoms with van der Waals surface area (Å²) >= 11 is 0. The molecule has 0 aromatic rings.